The Morgan fingerprint density at radius 3 is 2.57 bits per heavy atom. The third kappa shape index (κ3) is 3.99. The average Bonchev–Trinajstić information content (AvgIpc) is 3.39. The summed E-state index contributed by atoms with van der Waals surface area (Å²) in [4.78, 5) is 21.9. The maximum Gasteiger partial charge on any atom is 0.282 e. The Morgan fingerprint density at radius 2 is 1.83 bits per heavy atom. The lowest BCUT2D eigenvalue weighted by Gasteiger charge is -2.20. The van der Waals surface area contributed by atoms with Gasteiger partial charge in [-0.15, -0.1) is 0 Å². The van der Waals surface area contributed by atoms with Crippen molar-refractivity contribution in [2.75, 3.05) is 32.1 Å². The molecular weight excluding hydrogens is 396 g/mol. The summed E-state index contributed by atoms with van der Waals surface area (Å²) in [6.45, 7) is 5.36. The van der Waals surface area contributed by atoms with Gasteiger partial charge >= 0.3 is 0 Å². The minimum atomic E-state index is -0.212. The summed E-state index contributed by atoms with van der Waals surface area (Å²) in [5.74, 6) is 0.360. The summed E-state index contributed by atoms with van der Waals surface area (Å²) < 4.78 is 6.52. The Kier molecular flexibility index (Phi) is 5.65. The predicted octanol–water partition coefficient (Wildman–Crippen LogP) is 4.78. The van der Waals surface area contributed by atoms with E-state index in [1.54, 1.807) is 11.0 Å². The van der Waals surface area contributed by atoms with Crippen molar-refractivity contribution in [1.29, 1.82) is 0 Å². The molecule has 0 saturated carbocycles. The zero-order valence-corrected chi connectivity index (χ0v) is 18.4. The summed E-state index contributed by atoms with van der Waals surface area (Å²) in [5.41, 5.74) is 4.44. The number of fused-ring (bicyclic) bond motifs is 1. The van der Waals surface area contributed by atoms with Crippen LogP contribution < -0.4 is 4.90 Å². The summed E-state index contributed by atoms with van der Waals surface area (Å²) >= 11 is 1.52. The molecule has 4 rings (SSSR count). The fourth-order valence-electron chi connectivity index (χ4n) is 3.17. The molecule has 0 aliphatic carbocycles. The molecule has 0 N–H and O–H groups in total. The Bertz CT molecular complexity index is 1180. The smallest absolute Gasteiger partial charge is 0.282 e. The molecule has 4 aromatic rings. The van der Waals surface area contributed by atoms with Gasteiger partial charge in [0, 0.05) is 24.7 Å². The zero-order valence-electron chi connectivity index (χ0n) is 17.5. The second-order valence-corrected chi connectivity index (χ2v) is 8.56. The Morgan fingerprint density at radius 1 is 1.07 bits per heavy atom. The van der Waals surface area contributed by atoms with E-state index in [2.05, 4.69) is 31.1 Å². The Hall–Kier alpha value is -3.03. The van der Waals surface area contributed by atoms with E-state index in [-0.39, 0.29) is 11.6 Å². The molecule has 0 aliphatic rings. The topological polar surface area (TPSA) is 62.5 Å². The monoisotopic (exact) mass is 420 g/mol. The SMILES string of the molecule is Cc1ccc2sc(N(CCN(C)C)C(=O)c3cc(-c4ccccc4)on3)nc2c1C. The zero-order chi connectivity index (χ0) is 21.3. The predicted molar refractivity (Wildman–Crippen MR) is 121 cm³/mol. The molecule has 0 atom stereocenters. The van der Waals surface area contributed by atoms with Gasteiger partial charge in [-0.25, -0.2) is 4.98 Å². The van der Waals surface area contributed by atoms with E-state index >= 15 is 0 Å². The summed E-state index contributed by atoms with van der Waals surface area (Å²) in [7, 11) is 3.97. The van der Waals surface area contributed by atoms with Crippen molar-refractivity contribution < 1.29 is 9.32 Å². The Labute approximate surface area is 179 Å². The number of amides is 1. The normalized spacial score (nSPS) is 11.4. The van der Waals surface area contributed by atoms with Crippen LogP contribution in [0.2, 0.25) is 0 Å². The van der Waals surface area contributed by atoms with E-state index in [1.165, 1.54) is 16.9 Å². The van der Waals surface area contributed by atoms with Crippen LogP contribution in [0.5, 0.6) is 0 Å². The molecule has 0 bridgehead atoms. The highest BCUT2D eigenvalue weighted by Gasteiger charge is 2.25. The highest BCUT2D eigenvalue weighted by molar-refractivity contribution is 7.22. The standard InChI is InChI=1S/C23H24N4O2S/c1-15-10-11-20-21(16(15)2)24-23(30-20)27(13-12-26(3)4)22(28)18-14-19(29-25-18)17-8-6-5-7-9-17/h5-11,14H,12-13H2,1-4H3. The largest absolute Gasteiger partial charge is 0.355 e. The first-order chi connectivity index (χ1) is 14.4. The van der Waals surface area contributed by atoms with Crippen LogP contribution in [0.1, 0.15) is 21.6 Å². The van der Waals surface area contributed by atoms with Crippen molar-refractivity contribution in [2.24, 2.45) is 0 Å². The Balaban J connectivity index is 1.70. The first-order valence-corrected chi connectivity index (χ1v) is 10.6. The number of likely N-dealkylation sites (N-methyl/N-ethyl adjacent to an activating group) is 1. The van der Waals surface area contributed by atoms with Crippen LogP contribution in [-0.2, 0) is 0 Å². The molecule has 6 nitrogen and oxygen atoms in total. The maximum atomic E-state index is 13.4. The lowest BCUT2D eigenvalue weighted by molar-refractivity contribution is 0.0976. The van der Waals surface area contributed by atoms with Gasteiger partial charge in [-0.3, -0.25) is 9.69 Å². The van der Waals surface area contributed by atoms with Crippen LogP contribution in [0, 0.1) is 13.8 Å². The molecule has 0 saturated heterocycles. The molecule has 0 spiro atoms. The number of aryl methyl sites for hydroxylation is 2. The highest BCUT2D eigenvalue weighted by atomic mass is 32.1. The number of benzene rings is 2. The van der Waals surface area contributed by atoms with E-state index in [4.69, 9.17) is 9.51 Å². The summed E-state index contributed by atoms with van der Waals surface area (Å²) in [5, 5.41) is 4.72. The molecule has 2 aromatic carbocycles. The van der Waals surface area contributed by atoms with Crippen LogP contribution >= 0.6 is 11.3 Å². The fourth-order valence-corrected chi connectivity index (χ4v) is 4.22. The number of carbonyl (C=O) groups excluding carboxylic acids is 1. The van der Waals surface area contributed by atoms with E-state index < -0.39 is 0 Å². The summed E-state index contributed by atoms with van der Waals surface area (Å²) in [6.07, 6.45) is 0. The molecule has 2 heterocycles. The molecule has 7 heteroatoms. The fraction of sp³-hybridized carbons (Fsp3) is 0.261. The minimum Gasteiger partial charge on any atom is -0.355 e. The van der Waals surface area contributed by atoms with Crippen molar-refractivity contribution in [1.82, 2.24) is 15.0 Å². The lowest BCUT2D eigenvalue weighted by atomic mass is 10.1. The lowest BCUT2D eigenvalue weighted by Crippen LogP contribution is -2.36. The number of anilines is 1. The van der Waals surface area contributed by atoms with Gasteiger partial charge < -0.3 is 9.42 Å². The van der Waals surface area contributed by atoms with Crippen molar-refractivity contribution in [3.63, 3.8) is 0 Å². The van der Waals surface area contributed by atoms with Crippen LogP contribution in [0.3, 0.4) is 0 Å². The molecule has 0 unspecified atom stereocenters. The van der Waals surface area contributed by atoms with Crippen LogP contribution in [0.15, 0.2) is 53.1 Å². The molecule has 0 fully saturated rings. The van der Waals surface area contributed by atoms with Gasteiger partial charge in [0.2, 0.25) is 0 Å². The number of carbonyl (C=O) groups is 1. The molecule has 2 aromatic heterocycles. The first kappa shape index (κ1) is 20.3. The number of hydrogen-bond acceptors (Lipinski definition) is 6. The van der Waals surface area contributed by atoms with E-state index in [1.807, 2.05) is 49.3 Å². The van der Waals surface area contributed by atoms with E-state index in [0.29, 0.717) is 24.0 Å². The van der Waals surface area contributed by atoms with Crippen molar-refractivity contribution in [2.45, 2.75) is 13.8 Å². The number of nitrogens with zero attached hydrogens (tertiary/aromatic N) is 4. The minimum absolute atomic E-state index is 0.212. The van der Waals surface area contributed by atoms with Gasteiger partial charge in [-0.1, -0.05) is 52.9 Å². The number of rotatable bonds is 6. The van der Waals surface area contributed by atoms with Crippen LogP contribution in [0.4, 0.5) is 5.13 Å². The van der Waals surface area contributed by atoms with Crippen LogP contribution in [-0.4, -0.2) is 48.1 Å². The number of hydrogen-bond donors (Lipinski definition) is 0. The van der Waals surface area contributed by atoms with Gasteiger partial charge in [0.05, 0.1) is 10.2 Å². The van der Waals surface area contributed by atoms with E-state index in [9.17, 15) is 4.79 Å². The molecule has 30 heavy (non-hydrogen) atoms. The van der Waals surface area contributed by atoms with Gasteiger partial charge in [-0.05, 0) is 45.1 Å². The second kappa shape index (κ2) is 8.38. The van der Waals surface area contributed by atoms with Crippen LogP contribution in [0.25, 0.3) is 21.5 Å². The quantitative estimate of drug-likeness (QED) is 0.449. The molecule has 1 amide bonds. The first-order valence-electron chi connectivity index (χ1n) is 9.79. The third-order valence-corrected chi connectivity index (χ3v) is 6.15. The maximum absolute atomic E-state index is 13.4. The van der Waals surface area contributed by atoms with Gasteiger partial charge in [0.1, 0.15) is 0 Å². The van der Waals surface area contributed by atoms with Crippen molar-refractivity contribution in [3.05, 3.63) is 65.4 Å². The highest BCUT2D eigenvalue weighted by Crippen LogP contribution is 2.33. The van der Waals surface area contributed by atoms with Gasteiger partial charge in [0.15, 0.2) is 16.6 Å². The van der Waals surface area contributed by atoms with Gasteiger partial charge in [0.25, 0.3) is 5.91 Å². The number of thiazole rings is 1. The molecule has 0 radical (unpaired) electrons. The number of aromatic nitrogens is 2. The third-order valence-electron chi connectivity index (χ3n) is 5.11. The van der Waals surface area contributed by atoms with E-state index in [0.717, 1.165) is 21.3 Å². The van der Waals surface area contributed by atoms with Crippen molar-refractivity contribution >= 4 is 32.6 Å². The second-order valence-electron chi connectivity index (χ2n) is 7.55. The molecular formula is C23H24N4O2S. The molecule has 154 valence electrons. The van der Waals surface area contributed by atoms with Crippen molar-refractivity contribution in [3.8, 4) is 11.3 Å². The summed E-state index contributed by atoms with van der Waals surface area (Å²) in [6, 6.07) is 15.5. The van der Waals surface area contributed by atoms with Gasteiger partial charge in [-0.2, -0.15) is 0 Å². The molecule has 0 aliphatic heterocycles. The average molecular weight is 421 g/mol.